The largest absolute Gasteiger partial charge is 0.478 e. The number of aromatic nitrogens is 1. The molecule has 0 aromatic carbocycles. The van der Waals surface area contributed by atoms with Crippen molar-refractivity contribution >= 4 is 11.8 Å². The van der Waals surface area contributed by atoms with Gasteiger partial charge in [0.25, 0.3) is 0 Å². The van der Waals surface area contributed by atoms with Gasteiger partial charge in [0, 0.05) is 17.8 Å². The average Bonchev–Trinajstić information content (AvgIpc) is 2.81. The lowest BCUT2D eigenvalue weighted by molar-refractivity contribution is 0.0697. The topological polar surface area (TPSA) is 65.5 Å². The van der Waals surface area contributed by atoms with Gasteiger partial charge in [-0.05, 0) is 58.8 Å². The van der Waals surface area contributed by atoms with Crippen molar-refractivity contribution in [2.75, 3.05) is 26.0 Å². The smallest absolute Gasteiger partial charge is 0.339 e. The number of hydrogen-bond acceptors (Lipinski definition) is 4. The highest BCUT2D eigenvalue weighted by molar-refractivity contribution is 5.93. The normalized spacial score (nSPS) is 14.4. The van der Waals surface area contributed by atoms with Crippen molar-refractivity contribution in [2.45, 2.75) is 38.6 Å². The zero-order valence-electron chi connectivity index (χ0n) is 12.7. The van der Waals surface area contributed by atoms with Crippen LogP contribution < -0.4 is 5.32 Å². The number of fused-ring (bicyclic) bond motifs is 1. The quantitative estimate of drug-likeness (QED) is 0.862. The van der Waals surface area contributed by atoms with Crippen LogP contribution in [-0.2, 0) is 12.8 Å². The highest BCUT2D eigenvalue weighted by Crippen LogP contribution is 2.26. The molecule has 1 aliphatic rings. The Bertz CT molecular complexity index is 524. The Balaban J connectivity index is 2.25. The van der Waals surface area contributed by atoms with Gasteiger partial charge in [-0.2, -0.15) is 0 Å². The van der Waals surface area contributed by atoms with E-state index in [9.17, 15) is 9.90 Å². The molecule has 5 nitrogen and oxygen atoms in total. The van der Waals surface area contributed by atoms with Gasteiger partial charge in [-0.25, -0.2) is 9.78 Å². The lowest BCUT2D eigenvalue weighted by Crippen LogP contribution is -2.44. The lowest BCUT2D eigenvalue weighted by Gasteiger charge is -2.33. The molecule has 1 aromatic rings. The molecule has 0 saturated carbocycles. The Morgan fingerprint density at radius 1 is 1.45 bits per heavy atom. The van der Waals surface area contributed by atoms with E-state index in [0.29, 0.717) is 12.4 Å². The second-order valence-electron chi connectivity index (χ2n) is 6.21. The Kier molecular flexibility index (Phi) is 3.99. The second kappa shape index (κ2) is 5.40. The van der Waals surface area contributed by atoms with Crippen LogP contribution in [-0.4, -0.2) is 47.1 Å². The monoisotopic (exact) mass is 277 g/mol. The summed E-state index contributed by atoms with van der Waals surface area (Å²) in [4.78, 5) is 18.0. The number of nitrogens with one attached hydrogen (secondary N) is 1. The van der Waals surface area contributed by atoms with Crippen LogP contribution in [0.15, 0.2) is 6.07 Å². The van der Waals surface area contributed by atoms with Crippen LogP contribution in [0.2, 0.25) is 0 Å². The summed E-state index contributed by atoms with van der Waals surface area (Å²) in [5, 5.41) is 12.6. The van der Waals surface area contributed by atoms with Crippen LogP contribution in [0.4, 0.5) is 5.82 Å². The zero-order valence-corrected chi connectivity index (χ0v) is 12.7. The fourth-order valence-electron chi connectivity index (χ4n) is 2.23. The van der Waals surface area contributed by atoms with Gasteiger partial charge >= 0.3 is 5.97 Å². The first-order chi connectivity index (χ1) is 9.31. The molecule has 5 heteroatoms. The van der Waals surface area contributed by atoms with Gasteiger partial charge in [-0.15, -0.1) is 0 Å². The Morgan fingerprint density at radius 3 is 2.75 bits per heavy atom. The van der Waals surface area contributed by atoms with Crippen molar-refractivity contribution in [3.8, 4) is 0 Å². The van der Waals surface area contributed by atoms with Gasteiger partial charge in [-0.3, -0.25) is 0 Å². The Hall–Kier alpha value is -1.62. The number of aryl methyl sites for hydroxylation is 2. The van der Waals surface area contributed by atoms with Gasteiger partial charge in [0.2, 0.25) is 0 Å². The molecular weight excluding hydrogens is 254 g/mol. The molecule has 0 radical (unpaired) electrons. The number of hydrogen-bond donors (Lipinski definition) is 2. The summed E-state index contributed by atoms with van der Waals surface area (Å²) in [7, 11) is 4.02. The molecule has 1 aromatic heterocycles. The lowest BCUT2D eigenvalue weighted by atomic mass is 10.0. The van der Waals surface area contributed by atoms with Crippen molar-refractivity contribution in [3.05, 3.63) is 22.9 Å². The maximum Gasteiger partial charge on any atom is 0.339 e. The molecule has 0 fully saturated rings. The number of likely N-dealkylation sites (N-methyl/N-ethyl adjacent to an activating group) is 1. The maximum atomic E-state index is 11.4. The second-order valence-corrected chi connectivity index (χ2v) is 6.21. The molecule has 20 heavy (non-hydrogen) atoms. The summed E-state index contributed by atoms with van der Waals surface area (Å²) in [5.74, 6) is -0.426. The predicted molar refractivity (Wildman–Crippen MR) is 79.5 cm³/mol. The number of pyridine rings is 1. The zero-order chi connectivity index (χ0) is 14.9. The molecule has 1 heterocycles. The van der Waals surface area contributed by atoms with Crippen LogP contribution in [0.1, 0.15) is 41.9 Å². The fraction of sp³-hybridized carbons (Fsp3) is 0.600. The number of rotatable bonds is 5. The first-order valence-corrected chi connectivity index (χ1v) is 6.98. The number of carboxylic acids is 1. The van der Waals surface area contributed by atoms with Gasteiger partial charge in [-0.1, -0.05) is 0 Å². The first-order valence-electron chi connectivity index (χ1n) is 6.98. The van der Waals surface area contributed by atoms with E-state index < -0.39 is 5.97 Å². The van der Waals surface area contributed by atoms with Crippen LogP contribution in [0.5, 0.6) is 0 Å². The average molecular weight is 277 g/mol. The van der Waals surface area contributed by atoms with Crippen molar-refractivity contribution in [3.63, 3.8) is 0 Å². The summed E-state index contributed by atoms with van der Waals surface area (Å²) in [6.45, 7) is 4.85. The van der Waals surface area contributed by atoms with Crippen molar-refractivity contribution in [1.29, 1.82) is 0 Å². The summed E-state index contributed by atoms with van der Waals surface area (Å²) < 4.78 is 0. The van der Waals surface area contributed by atoms with E-state index in [1.54, 1.807) is 6.07 Å². The first kappa shape index (κ1) is 14.8. The highest BCUT2D eigenvalue weighted by atomic mass is 16.4. The van der Waals surface area contributed by atoms with E-state index in [0.717, 1.165) is 30.5 Å². The fourth-order valence-corrected chi connectivity index (χ4v) is 2.23. The van der Waals surface area contributed by atoms with E-state index in [1.807, 2.05) is 14.1 Å². The molecule has 0 atom stereocenters. The summed E-state index contributed by atoms with van der Waals surface area (Å²) in [6, 6.07) is 1.78. The molecule has 0 aliphatic heterocycles. The molecule has 2 N–H and O–H groups in total. The third-order valence-corrected chi connectivity index (χ3v) is 4.18. The van der Waals surface area contributed by atoms with E-state index >= 15 is 0 Å². The minimum absolute atomic E-state index is 0.0729. The molecule has 1 aliphatic carbocycles. The van der Waals surface area contributed by atoms with Crippen LogP contribution in [0, 0.1) is 0 Å². The molecule has 0 bridgehead atoms. The third-order valence-electron chi connectivity index (χ3n) is 4.18. The standard InChI is InChI=1S/C15H23N3O2/c1-15(2,18(3)4)9-16-13-11(14(19)20)8-10-6-5-7-12(10)17-13/h8H,5-7,9H2,1-4H3,(H,16,17)(H,19,20). The Morgan fingerprint density at radius 2 is 2.15 bits per heavy atom. The Labute approximate surface area is 120 Å². The van der Waals surface area contributed by atoms with Gasteiger partial charge < -0.3 is 15.3 Å². The molecule has 110 valence electrons. The van der Waals surface area contributed by atoms with Gasteiger partial charge in [0.1, 0.15) is 11.4 Å². The van der Waals surface area contributed by atoms with E-state index in [-0.39, 0.29) is 11.1 Å². The summed E-state index contributed by atoms with van der Waals surface area (Å²) in [5.41, 5.74) is 2.33. The van der Waals surface area contributed by atoms with E-state index in [1.165, 1.54) is 0 Å². The predicted octanol–water partition coefficient (Wildman–Crippen LogP) is 2.02. The van der Waals surface area contributed by atoms with Crippen LogP contribution in [0.25, 0.3) is 0 Å². The molecule has 0 saturated heterocycles. The minimum atomic E-state index is -0.919. The molecule has 0 spiro atoms. The SMILES string of the molecule is CN(C)C(C)(C)CNc1nc2c(cc1C(=O)O)CCC2. The number of carboxylic acid groups (broad SMARTS) is 1. The van der Waals surface area contributed by atoms with Gasteiger partial charge in [0.15, 0.2) is 0 Å². The minimum Gasteiger partial charge on any atom is -0.478 e. The highest BCUT2D eigenvalue weighted by Gasteiger charge is 2.23. The van der Waals surface area contributed by atoms with Crippen molar-refractivity contribution in [2.24, 2.45) is 0 Å². The van der Waals surface area contributed by atoms with Crippen LogP contribution >= 0.6 is 0 Å². The molecule has 0 amide bonds. The number of carbonyl (C=O) groups is 1. The van der Waals surface area contributed by atoms with E-state index in [4.69, 9.17) is 0 Å². The van der Waals surface area contributed by atoms with Crippen molar-refractivity contribution < 1.29 is 9.90 Å². The maximum absolute atomic E-state index is 11.4. The number of nitrogens with zero attached hydrogens (tertiary/aromatic N) is 2. The van der Waals surface area contributed by atoms with Gasteiger partial charge in [0.05, 0.1) is 0 Å². The van der Waals surface area contributed by atoms with Crippen LogP contribution in [0.3, 0.4) is 0 Å². The molecule has 0 unspecified atom stereocenters. The summed E-state index contributed by atoms with van der Waals surface area (Å²) >= 11 is 0. The van der Waals surface area contributed by atoms with Crippen molar-refractivity contribution in [1.82, 2.24) is 9.88 Å². The third kappa shape index (κ3) is 2.93. The number of anilines is 1. The van der Waals surface area contributed by atoms with E-state index in [2.05, 4.69) is 29.0 Å². The molecular formula is C15H23N3O2. The summed E-state index contributed by atoms with van der Waals surface area (Å²) in [6.07, 6.45) is 2.95. The molecule has 2 rings (SSSR count). The number of aromatic carboxylic acids is 1.